The lowest BCUT2D eigenvalue weighted by atomic mass is 10.1. The first kappa shape index (κ1) is 13.8. The van der Waals surface area contributed by atoms with E-state index in [2.05, 4.69) is 4.98 Å². The summed E-state index contributed by atoms with van der Waals surface area (Å²) in [5.41, 5.74) is 6.80. The lowest BCUT2D eigenvalue weighted by Crippen LogP contribution is -2.25. The number of aromatic nitrogens is 2. The average Bonchev–Trinajstić information content (AvgIpc) is 2.33. The van der Waals surface area contributed by atoms with E-state index in [4.69, 9.17) is 5.73 Å². The molecular weight excluding hydrogens is 258 g/mol. The summed E-state index contributed by atoms with van der Waals surface area (Å²) >= 11 is 0. The molecule has 0 saturated heterocycles. The standard InChI is InChI=1S/C14H15N3O3/c1-8-6-12(18)17(9(2)16-8)7-10-4-3-5-11(15)13(10)14(19)20/h3-6H,7,15H2,1-2H3,(H,19,20). The van der Waals surface area contributed by atoms with Gasteiger partial charge in [0.2, 0.25) is 0 Å². The number of hydrogen-bond donors (Lipinski definition) is 2. The third-order valence-electron chi connectivity index (χ3n) is 3.05. The lowest BCUT2D eigenvalue weighted by molar-refractivity contribution is 0.0696. The van der Waals surface area contributed by atoms with Gasteiger partial charge in [0, 0.05) is 17.4 Å². The van der Waals surface area contributed by atoms with E-state index in [0.717, 1.165) is 0 Å². The maximum atomic E-state index is 12.0. The largest absolute Gasteiger partial charge is 0.478 e. The van der Waals surface area contributed by atoms with Gasteiger partial charge in [0.15, 0.2) is 0 Å². The molecule has 0 fully saturated rings. The highest BCUT2D eigenvalue weighted by molar-refractivity contribution is 5.95. The third kappa shape index (κ3) is 2.54. The number of carbonyl (C=O) groups is 1. The van der Waals surface area contributed by atoms with E-state index in [0.29, 0.717) is 17.1 Å². The van der Waals surface area contributed by atoms with Crippen LogP contribution in [0.2, 0.25) is 0 Å². The molecule has 2 aromatic rings. The van der Waals surface area contributed by atoms with Crippen LogP contribution in [-0.2, 0) is 6.54 Å². The van der Waals surface area contributed by atoms with Crippen molar-refractivity contribution in [3.8, 4) is 0 Å². The number of carboxylic acid groups (broad SMARTS) is 1. The van der Waals surface area contributed by atoms with Gasteiger partial charge in [-0.2, -0.15) is 0 Å². The van der Waals surface area contributed by atoms with Gasteiger partial charge < -0.3 is 10.8 Å². The molecule has 3 N–H and O–H groups in total. The van der Waals surface area contributed by atoms with Gasteiger partial charge in [-0.3, -0.25) is 9.36 Å². The predicted molar refractivity (Wildman–Crippen MR) is 74.9 cm³/mol. The summed E-state index contributed by atoms with van der Waals surface area (Å²) < 4.78 is 1.42. The van der Waals surface area contributed by atoms with Gasteiger partial charge >= 0.3 is 5.97 Å². The monoisotopic (exact) mass is 273 g/mol. The number of nitrogens with zero attached hydrogens (tertiary/aromatic N) is 2. The number of nitrogen functional groups attached to an aromatic ring is 1. The van der Waals surface area contributed by atoms with Crippen LogP contribution < -0.4 is 11.3 Å². The normalized spacial score (nSPS) is 10.5. The first-order valence-corrected chi connectivity index (χ1v) is 6.06. The van der Waals surface area contributed by atoms with Crippen LogP contribution in [0.4, 0.5) is 5.69 Å². The minimum absolute atomic E-state index is 0.0272. The molecule has 0 aliphatic heterocycles. The summed E-state index contributed by atoms with van der Waals surface area (Å²) in [6, 6.07) is 6.25. The molecule has 0 bridgehead atoms. The maximum absolute atomic E-state index is 12.0. The zero-order valence-electron chi connectivity index (χ0n) is 11.3. The Kier molecular flexibility index (Phi) is 3.56. The number of nitrogens with two attached hydrogens (primary N) is 1. The van der Waals surface area contributed by atoms with E-state index in [9.17, 15) is 14.7 Å². The second-order valence-electron chi connectivity index (χ2n) is 4.56. The molecule has 0 aliphatic carbocycles. The van der Waals surface area contributed by atoms with Crippen LogP contribution in [0.3, 0.4) is 0 Å². The maximum Gasteiger partial charge on any atom is 0.338 e. The molecule has 0 spiro atoms. The third-order valence-corrected chi connectivity index (χ3v) is 3.05. The van der Waals surface area contributed by atoms with Crippen molar-refractivity contribution < 1.29 is 9.90 Å². The molecule has 20 heavy (non-hydrogen) atoms. The van der Waals surface area contributed by atoms with Gasteiger partial charge in [-0.05, 0) is 25.5 Å². The molecule has 2 rings (SSSR count). The number of carboxylic acids is 1. The van der Waals surface area contributed by atoms with Crippen LogP contribution >= 0.6 is 0 Å². The lowest BCUT2D eigenvalue weighted by Gasteiger charge is -2.12. The molecule has 0 unspecified atom stereocenters. The summed E-state index contributed by atoms with van der Waals surface area (Å²) in [5.74, 6) is -0.572. The van der Waals surface area contributed by atoms with E-state index >= 15 is 0 Å². The highest BCUT2D eigenvalue weighted by Gasteiger charge is 2.15. The van der Waals surface area contributed by atoms with Gasteiger partial charge in [-0.15, -0.1) is 0 Å². The van der Waals surface area contributed by atoms with Crippen molar-refractivity contribution >= 4 is 11.7 Å². The number of benzene rings is 1. The number of hydrogen-bond acceptors (Lipinski definition) is 4. The van der Waals surface area contributed by atoms with E-state index in [-0.39, 0.29) is 23.4 Å². The van der Waals surface area contributed by atoms with Gasteiger partial charge in [-0.25, -0.2) is 9.78 Å². The summed E-state index contributed by atoms with van der Waals surface area (Å²) in [7, 11) is 0. The van der Waals surface area contributed by atoms with Crippen LogP contribution in [0.1, 0.15) is 27.4 Å². The first-order valence-electron chi connectivity index (χ1n) is 6.06. The van der Waals surface area contributed by atoms with Crippen molar-refractivity contribution in [2.45, 2.75) is 20.4 Å². The van der Waals surface area contributed by atoms with Crippen molar-refractivity contribution in [3.05, 3.63) is 57.3 Å². The highest BCUT2D eigenvalue weighted by atomic mass is 16.4. The highest BCUT2D eigenvalue weighted by Crippen LogP contribution is 2.18. The Bertz CT molecular complexity index is 735. The Balaban J connectivity index is 2.54. The summed E-state index contributed by atoms with van der Waals surface area (Å²) in [6.45, 7) is 3.58. The molecular formula is C14H15N3O3. The van der Waals surface area contributed by atoms with Crippen molar-refractivity contribution in [2.75, 3.05) is 5.73 Å². The second-order valence-corrected chi connectivity index (χ2v) is 4.56. The smallest absolute Gasteiger partial charge is 0.338 e. The molecule has 104 valence electrons. The van der Waals surface area contributed by atoms with Crippen molar-refractivity contribution in [1.29, 1.82) is 0 Å². The zero-order valence-corrected chi connectivity index (χ0v) is 11.3. The molecule has 0 aliphatic rings. The molecule has 0 atom stereocenters. The molecule has 0 radical (unpaired) electrons. The first-order chi connectivity index (χ1) is 9.40. The molecule has 6 nitrogen and oxygen atoms in total. The van der Waals surface area contributed by atoms with Gasteiger partial charge in [-0.1, -0.05) is 12.1 Å². The SMILES string of the molecule is Cc1cc(=O)n(Cc2cccc(N)c2C(=O)O)c(C)n1. The Labute approximate surface area is 115 Å². The van der Waals surface area contributed by atoms with E-state index in [1.807, 2.05) is 0 Å². The number of rotatable bonds is 3. The predicted octanol–water partition coefficient (Wildman–Crippen LogP) is 1.19. The summed E-state index contributed by atoms with van der Waals surface area (Å²) in [5, 5.41) is 9.22. The van der Waals surface area contributed by atoms with Crippen LogP contribution in [0.5, 0.6) is 0 Å². The minimum atomic E-state index is -1.11. The molecule has 1 aromatic carbocycles. The topological polar surface area (TPSA) is 98.2 Å². The van der Waals surface area contributed by atoms with Crippen LogP contribution in [0.25, 0.3) is 0 Å². The van der Waals surface area contributed by atoms with Gasteiger partial charge in [0.25, 0.3) is 5.56 Å². The number of aryl methyl sites for hydroxylation is 2. The average molecular weight is 273 g/mol. The molecule has 0 amide bonds. The molecule has 0 saturated carbocycles. The van der Waals surface area contributed by atoms with Crippen molar-refractivity contribution in [1.82, 2.24) is 9.55 Å². The number of aromatic carboxylic acids is 1. The van der Waals surface area contributed by atoms with E-state index in [1.54, 1.807) is 26.0 Å². The van der Waals surface area contributed by atoms with Gasteiger partial charge in [0.05, 0.1) is 12.1 Å². The van der Waals surface area contributed by atoms with Crippen molar-refractivity contribution in [2.24, 2.45) is 0 Å². The Morgan fingerprint density at radius 1 is 1.40 bits per heavy atom. The summed E-state index contributed by atoms with van der Waals surface area (Å²) in [6.07, 6.45) is 0. The Morgan fingerprint density at radius 3 is 2.70 bits per heavy atom. The zero-order chi connectivity index (χ0) is 14.9. The Hall–Kier alpha value is -2.63. The molecule has 1 heterocycles. The fourth-order valence-electron chi connectivity index (χ4n) is 2.14. The second kappa shape index (κ2) is 5.16. The van der Waals surface area contributed by atoms with E-state index < -0.39 is 5.97 Å². The van der Waals surface area contributed by atoms with E-state index in [1.165, 1.54) is 16.7 Å². The quantitative estimate of drug-likeness (QED) is 0.818. The molecule has 1 aromatic heterocycles. The molecule has 6 heteroatoms. The number of anilines is 1. The summed E-state index contributed by atoms with van der Waals surface area (Å²) in [4.78, 5) is 27.5. The minimum Gasteiger partial charge on any atom is -0.478 e. The Morgan fingerprint density at radius 2 is 2.10 bits per heavy atom. The van der Waals surface area contributed by atoms with Gasteiger partial charge in [0.1, 0.15) is 5.82 Å². The van der Waals surface area contributed by atoms with Crippen LogP contribution in [0, 0.1) is 13.8 Å². The fourth-order valence-corrected chi connectivity index (χ4v) is 2.14. The fraction of sp³-hybridized carbons (Fsp3) is 0.214. The van der Waals surface area contributed by atoms with Crippen LogP contribution in [0.15, 0.2) is 29.1 Å². The van der Waals surface area contributed by atoms with Crippen LogP contribution in [-0.4, -0.2) is 20.6 Å². The van der Waals surface area contributed by atoms with Crippen molar-refractivity contribution in [3.63, 3.8) is 0 Å².